The molecule has 0 radical (unpaired) electrons. The Kier molecular flexibility index (Phi) is 7.82. The van der Waals surface area contributed by atoms with Crippen molar-refractivity contribution in [2.75, 3.05) is 39.8 Å². The number of aliphatic imine (C=N–C) groups is 1. The van der Waals surface area contributed by atoms with Crippen LogP contribution in [0.25, 0.3) is 10.9 Å². The smallest absolute Gasteiger partial charge is 0.193 e. The number of guanidine groups is 1. The summed E-state index contributed by atoms with van der Waals surface area (Å²) in [7, 11) is 1.85. The van der Waals surface area contributed by atoms with Crippen molar-refractivity contribution in [1.29, 1.82) is 0 Å². The Hall–Kier alpha value is -2.20. The maximum Gasteiger partial charge on any atom is 0.193 e. The first kappa shape index (κ1) is 21.5. The summed E-state index contributed by atoms with van der Waals surface area (Å²) in [5, 5.41) is 8.66. The van der Waals surface area contributed by atoms with E-state index >= 15 is 0 Å². The summed E-state index contributed by atoms with van der Waals surface area (Å²) in [6.45, 7) is 5.53. The normalized spacial score (nSPS) is 15.3. The lowest BCUT2D eigenvalue weighted by atomic mass is 10.2. The molecule has 4 rings (SSSR count). The Morgan fingerprint density at radius 2 is 1.90 bits per heavy atom. The van der Waals surface area contributed by atoms with Crippen molar-refractivity contribution < 1.29 is 4.52 Å². The Bertz CT molecular complexity index is 922. The van der Waals surface area contributed by atoms with E-state index in [1.807, 2.05) is 25.2 Å². The number of fused-ring (bicyclic) bond motifs is 1. The van der Waals surface area contributed by atoms with Gasteiger partial charge in [0, 0.05) is 69.9 Å². The van der Waals surface area contributed by atoms with Gasteiger partial charge in [-0.15, -0.1) is 24.0 Å². The van der Waals surface area contributed by atoms with Crippen LogP contribution in [0.3, 0.4) is 0 Å². The highest BCUT2D eigenvalue weighted by molar-refractivity contribution is 14.0. The molecule has 1 fully saturated rings. The molecule has 3 aromatic rings. The third-order valence-electron chi connectivity index (χ3n) is 5.08. The summed E-state index contributed by atoms with van der Waals surface area (Å²) in [5.74, 6) is 0.960. The van der Waals surface area contributed by atoms with Crippen LogP contribution in [-0.4, -0.2) is 65.7 Å². The molecule has 0 saturated carbocycles. The molecule has 0 aliphatic carbocycles. The summed E-state index contributed by atoms with van der Waals surface area (Å²) in [4.78, 5) is 13.9. The number of nitrogens with zero attached hydrogens (tertiary/aromatic N) is 5. The van der Waals surface area contributed by atoms with E-state index in [0.29, 0.717) is 0 Å². The standard InChI is InChI=1S/C21H26N6O.HI/c1-22-21(27-13-11-26(12-14-27)16-19-9-15-28-25-19)23-10-8-18-7-6-17-4-2-3-5-20(17)24-18;/h2-7,9,15H,8,10-14,16H2,1H3,(H,22,23);1H. The molecule has 1 saturated heterocycles. The number of halogens is 1. The lowest BCUT2D eigenvalue weighted by Crippen LogP contribution is -2.52. The van der Waals surface area contributed by atoms with Crippen molar-refractivity contribution in [3.8, 4) is 0 Å². The number of piperazine rings is 1. The first-order chi connectivity index (χ1) is 13.8. The van der Waals surface area contributed by atoms with Crippen molar-refractivity contribution in [2.45, 2.75) is 13.0 Å². The number of hydrogen-bond donors (Lipinski definition) is 1. The van der Waals surface area contributed by atoms with Crippen LogP contribution in [0.5, 0.6) is 0 Å². The van der Waals surface area contributed by atoms with Crippen LogP contribution in [0.1, 0.15) is 11.4 Å². The van der Waals surface area contributed by atoms with Gasteiger partial charge in [0.2, 0.25) is 0 Å². The zero-order valence-electron chi connectivity index (χ0n) is 16.6. The van der Waals surface area contributed by atoms with E-state index in [-0.39, 0.29) is 24.0 Å². The quantitative estimate of drug-likeness (QED) is 0.326. The van der Waals surface area contributed by atoms with Gasteiger partial charge in [-0.3, -0.25) is 14.9 Å². The molecule has 0 unspecified atom stereocenters. The van der Waals surface area contributed by atoms with Crippen LogP contribution in [0.15, 0.2) is 58.2 Å². The third-order valence-corrected chi connectivity index (χ3v) is 5.08. The Balaban J connectivity index is 0.00000240. The molecule has 0 atom stereocenters. The average Bonchev–Trinajstić information content (AvgIpc) is 3.25. The highest BCUT2D eigenvalue weighted by Crippen LogP contribution is 2.12. The largest absolute Gasteiger partial charge is 0.364 e. The second kappa shape index (κ2) is 10.5. The summed E-state index contributed by atoms with van der Waals surface area (Å²) >= 11 is 0. The van der Waals surface area contributed by atoms with Crippen molar-refractivity contribution in [3.63, 3.8) is 0 Å². The molecule has 0 amide bonds. The van der Waals surface area contributed by atoms with Gasteiger partial charge in [-0.1, -0.05) is 29.4 Å². The topological polar surface area (TPSA) is 69.8 Å². The van der Waals surface area contributed by atoms with Crippen molar-refractivity contribution in [3.05, 3.63) is 60.1 Å². The van der Waals surface area contributed by atoms with Crippen LogP contribution < -0.4 is 5.32 Å². The monoisotopic (exact) mass is 506 g/mol. The third kappa shape index (κ3) is 5.66. The second-order valence-corrected chi connectivity index (χ2v) is 6.97. The first-order valence-corrected chi connectivity index (χ1v) is 9.74. The van der Waals surface area contributed by atoms with E-state index in [2.05, 4.69) is 49.5 Å². The van der Waals surface area contributed by atoms with Gasteiger partial charge in [0.1, 0.15) is 6.26 Å². The van der Waals surface area contributed by atoms with Crippen LogP contribution in [0.4, 0.5) is 0 Å². The fourth-order valence-electron chi connectivity index (χ4n) is 3.55. The minimum Gasteiger partial charge on any atom is -0.364 e. The van der Waals surface area contributed by atoms with Gasteiger partial charge in [-0.05, 0) is 12.1 Å². The number of nitrogens with one attached hydrogen (secondary N) is 1. The Morgan fingerprint density at radius 1 is 1.07 bits per heavy atom. The number of para-hydroxylation sites is 1. The molecule has 154 valence electrons. The highest BCUT2D eigenvalue weighted by atomic mass is 127. The van der Waals surface area contributed by atoms with Gasteiger partial charge >= 0.3 is 0 Å². The molecular formula is C21H27IN6O. The molecule has 1 aliphatic rings. The Morgan fingerprint density at radius 3 is 2.66 bits per heavy atom. The maximum absolute atomic E-state index is 4.92. The minimum atomic E-state index is 0. The van der Waals surface area contributed by atoms with E-state index in [1.165, 1.54) is 5.39 Å². The lowest BCUT2D eigenvalue weighted by Gasteiger charge is -2.36. The molecule has 0 spiro atoms. The van der Waals surface area contributed by atoms with Crippen LogP contribution in [-0.2, 0) is 13.0 Å². The first-order valence-electron chi connectivity index (χ1n) is 9.74. The van der Waals surface area contributed by atoms with Gasteiger partial charge in [-0.25, -0.2) is 0 Å². The number of pyridine rings is 1. The predicted molar refractivity (Wildman–Crippen MR) is 126 cm³/mol. The lowest BCUT2D eigenvalue weighted by molar-refractivity contribution is 0.169. The predicted octanol–water partition coefficient (Wildman–Crippen LogP) is 2.78. The molecule has 2 aromatic heterocycles. The molecule has 1 N–H and O–H groups in total. The Labute approximate surface area is 188 Å². The van der Waals surface area contributed by atoms with Crippen LogP contribution >= 0.6 is 24.0 Å². The van der Waals surface area contributed by atoms with Gasteiger partial charge in [0.15, 0.2) is 5.96 Å². The number of hydrogen-bond acceptors (Lipinski definition) is 5. The van der Waals surface area contributed by atoms with Crippen LogP contribution in [0, 0.1) is 0 Å². The summed E-state index contributed by atoms with van der Waals surface area (Å²) in [6.07, 6.45) is 2.50. The van der Waals surface area contributed by atoms with Crippen molar-refractivity contribution >= 4 is 40.8 Å². The second-order valence-electron chi connectivity index (χ2n) is 6.97. The fraction of sp³-hybridized carbons (Fsp3) is 0.381. The van der Waals surface area contributed by atoms with Gasteiger partial charge in [0.25, 0.3) is 0 Å². The van der Waals surface area contributed by atoms with E-state index in [0.717, 1.165) is 68.6 Å². The fourth-order valence-corrected chi connectivity index (χ4v) is 3.55. The van der Waals surface area contributed by atoms with Gasteiger partial charge < -0.3 is 14.7 Å². The highest BCUT2D eigenvalue weighted by Gasteiger charge is 2.20. The summed E-state index contributed by atoms with van der Waals surface area (Å²) in [6, 6.07) is 14.4. The zero-order valence-corrected chi connectivity index (χ0v) is 19.0. The molecule has 3 heterocycles. The molecule has 0 bridgehead atoms. The van der Waals surface area contributed by atoms with Gasteiger partial charge in [-0.2, -0.15) is 0 Å². The molecule has 1 aromatic carbocycles. The molecule has 8 heteroatoms. The van der Waals surface area contributed by atoms with Crippen molar-refractivity contribution in [2.24, 2.45) is 4.99 Å². The van der Waals surface area contributed by atoms with E-state index in [4.69, 9.17) is 9.51 Å². The van der Waals surface area contributed by atoms with Gasteiger partial charge in [0.05, 0.1) is 11.2 Å². The number of benzene rings is 1. The van der Waals surface area contributed by atoms with E-state index < -0.39 is 0 Å². The van der Waals surface area contributed by atoms with E-state index in [9.17, 15) is 0 Å². The zero-order chi connectivity index (χ0) is 19.2. The number of rotatable bonds is 5. The SMILES string of the molecule is CN=C(NCCc1ccc2ccccc2n1)N1CCN(Cc2ccon2)CC1.I. The molecule has 29 heavy (non-hydrogen) atoms. The minimum absolute atomic E-state index is 0. The van der Waals surface area contributed by atoms with Crippen LogP contribution in [0.2, 0.25) is 0 Å². The average molecular weight is 506 g/mol. The number of aromatic nitrogens is 2. The van der Waals surface area contributed by atoms with E-state index in [1.54, 1.807) is 6.26 Å². The van der Waals surface area contributed by atoms with Crippen molar-refractivity contribution in [1.82, 2.24) is 25.3 Å². The molecule has 7 nitrogen and oxygen atoms in total. The molecule has 1 aliphatic heterocycles. The summed E-state index contributed by atoms with van der Waals surface area (Å²) in [5.41, 5.74) is 3.13. The molecular weight excluding hydrogens is 479 g/mol. The maximum atomic E-state index is 4.92. The summed E-state index contributed by atoms with van der Waals surface area (Å²) < 4.78 is 4.92.